The monoisotopic (exact) mass is 249 g/mol. The van der Waals surface area contributed by atoms with E-state index in [4.69, 9.17) is 0 Å². The molecule has 1 saturated carbocycles. The van der Waals surface area contributed by atoms with Crippen LogP contribution in [0.2, 0.25) is 0 Å². The summed E-state index contributed by atoms with van der Waals surface area (Å²) in [6, 6.07) is 2.35. The van der Waals surface area contributed by atoms with Gasteiger partial charge in [-0.15, -0.1) is 0 Å². The van der Waals surface area contributed by atoms with E-state index in [9.17, 15) is 10.1 Å². The molecule has 18 heavy (non-hydrogen) atoms. The fourth-order valence-corrected chi connectivity index (χ4v) is 3.02. The second-order valence-electron chi connectivity index (χ2n) is 6.22. The molecule has 0 aromatic carbocycles. The Labute approximate surface area is 109 Å². The Morgan fingerprint density at radius 3 is 2.28 bits per heavy atom. The first-order chi connectivity index (χ1) is 8.50. The van der Waals surface area contributed by atoms with Crippen LogP contribution < -0.4 is 5.32 Å². The third-order valence-electron chi connectivity index (χ3n) is 4.66. The van der Waals surface area contributed by atoms with Gasteiger partial charge in [0.15, 0.2) is 0 Å². The molecule has 2 aliphatic rings. The number of hydrogen-bond acceptors (Lipinski definition) is 3. The summed E-state index contributed by atoms with van der Waals surface area (Å²) in [5, 5.41) is 12.5. The van der Waals surface area contributed by atoms with E-state index >= 15 is 0 Å². The molecule has 1 amide bonds. The van der Waals surface area contributed by atoms with Gasteiger partial charge in [-0.2, -0.15) is 5.26 Å². The molecule has 0 atom stereocenters. The first kappa shape index (κ1) is 13.4. The van der Waals surface area contributed by atoms with E-state index in [1.165, 1.54) is 0 Å². The number of likely N-dealkylation sites (tertiary alicyclic amines) is 1. The van der Waals surface area contributed by atoms with Crippen molar-refractivity contribution in [2.75, 3.05) is 20.1 Å². The topological polar surface area (TPSA) is 56.1 Å². The Balaban J connectivity index is 2.02. The summed E-state index contributed by atoms with van der Waals surface area (Å²) in [6.07, 6.45) is 5.66. The number of nitrogens with zero attached hydrogens (tertiary/aromatic N) is 2. The van der Waals surface area contributed by atoms with E-state index in [1.54, 1.807) is 0 Å². The smallest absolute Gasteiger partial charge is 0.227 e. The number of carbonyl (C=O) groups excluding carboxylic acids is 1. The molecule has 0 aromatic rings. The fourth-order valence-electron chi connectivity index (χ4n) is 3.02. The molecule has 1 aliphatic heterocycles. The second-order valence-corrected chi connectivity index (χ2v) is 6.22. The van der Waals surface area contributed by atoms with E-state index < -0.39 is 5.54 Å². The van der Waals surface area contributed by atoms with Crippen LogP contribution in [0.5, 0.6) is 0 Å². The van der Waals surface area contributed by atoms with Gasteiger partial charge in [-0.3, -0.25) is 4.79 Å². The Morgan fingerprint density at radius 2 is 1.78 bits per heavy atom. The van der Waals surface area contributed by atoms with Gasteiger partial charge in [-0.25, -0.2) is 0 Å². The van der Waals surface area contributed by atoms with Crippen LogP contribution in [0.3, 0.4) is 0 Å². The molecule has 1 heterocycles. The maximum atomic E-state index is 12.4. The first-order valence-corrected chi connectivity index (χ1v) is 6.92. The summed E-state index contributed by atoms with van der Waals surface area (Å²) in [7, 11) is 2.06. The highest BCUT2D eigenvalue weighted by molar-refractivity contribution is 5.83. The Morgan fingerprint density at radius 1 is 1.22 bits per heavy atom. The fraction of sp³-hybridized carbons (Fsp3) is 0.857. The molecule has 100 valence electrons. The summed E-state index contributed by atoms with van der Waals surface area (Å²) in [5.41, 5.74) is -0.873. The van der Waals surface area contributed by atoms with Crippen molar-refractivity contribution in [1.82, 2.24) is 10.2 Å². The Hall–Kier alpha value is -1.08. The molecule has 2 rings (SSSR count). The number of nitriles is 1. The normalized spacial score (nSPS) is 26.5. The molecule has 4 heteroatoms. The lowest BCUT2D eigenvalue weighted by molar-refractivity contribution is -0.131. The highest BCUT2D eigenvalue weighted by atomic mass is 16.2. The molecule has 0 bridgehead atoms. The third kappa shape index (κ3) is 2.51. The van der Waals surface area contributed by atoms with Crippen LogP contribution >= 0.6 is 0 Å². The maximum Gasteiger partial charge on any atom is 0.227 e. The van der Waals surface area contributed by atoms with Crippen LogP contribution in [0, 0.1) is 16.7 Å². The quantitative estimate of drug-likeness (QED) is 0.810. The largest absolute Gasteiger partial charge is 0.337 e. The van der Waals surface area contributed by atoms with Crippen molar-refractivity contribution >= 4 is 5.91 Å². The molecule has 1 N–H and O–H groups in total. The van der Waals surface area contributed by atoms with Gasteiger partial charge in [0.05, 0.1) is 6.07 Å². The minimum absolute atomic E-state index is 0.0890. The standard InChI is InChI=1S/C14H23N3O/c1-13(5-3-4-6-13)12(18)16-14(11-15)7-9-17(2)10-8-14/h3-10H2,1-2H3,(H,16,18). The van der Waals surface area contributed by atoms with Crippen LogP contribution in [-0.4, -0.2) is 36.5 Å². The van der Waals surface area contributed by atoms with Crippen molar-refractivity contribution < 1.29 is 4.79 Å². The van der Waals surface area contributed by atoms with E-state index in [0.29, 0.717) is 0 Å². The number of piperidine rings is 1. The SMILES string of the molecule is CN1CCC(C#N)(NC(=O)C2(C)CCCC2)CC1. The molecule has 4 nitrogen and oxygen atoms in total. The van der Waals surface area contributed by atoms with Gasteiger partial charge in [0.1, 0.15) is 5.54 Å². The van der Waals surface area contributed by atoms with Gasteiger partial charge >= 0.3 is 0 Å². The van der Waals surface area contributed by atoms with Crippen LogP contribution in [-0.2, 0) is 4.79 Å². The average molecular weight is 249 g/mol. The number of carbonyl (C=O) groups is 1. The first-order valence-electron chi connectivity index (χ1n) is 6.92. The molecule has 0 radical (unpaired) electrons. The van der Waals surface area contributed by atoms with E-state index in [2.05, 4.69) is 23.3 Å². The Bertz CT molecular complexity index is 358. The van der Waals surface area contributed by atoms with Crippen molar-refractivity contribution in [3.05, 3.63) is 0 Å². The average Bonchev–Trinajstić information content (AvgIpc) is 2.81. The minimum Gasteiger partial charge on any atom is -0.337 e. The van der Waals surface area contributed by atoms with Gasteiger partial charge in [0.25, 0.3) is 0 Å². The molecular formula is C14H23N3O. The predicted octanol–water partition coefficient (Wildman–Crippen LogP) is 1.67. The van der Waals surface area contributed by atoms with Gasteiger partial charge < -0.3 is 10.2 Å². The molecule has 0 unspecified atom stereocenters. The highest BCUT2D eigenvalue weighted by Crippen LogP contribution is 2.38. The minimum atomic E-state index is -0.630. The van der Waals surface area contributed by atoms with Crippen LogP contribution in [0.25, 0.3) is 0 Å². The molecular weight excluding hydrogens is 226 g/mol. The summed E-state index contributed by atoms with van der Waals surface area (Å²) >= 11 is 0. The Kier molecular flexibility index (Phi) is 3.63. The molecule has 1 saturated heterocycles. The van der Waals surface area contributed by atoms with Crippen molar-refractivity contribution in [2.24, 2.45) is 5.41 Å². The van der Waals surface area contributed by atoms with Crippen molar-refractivity contribution in [2.45, 2.75) is 51.0 Å². The molecule has 2 fully saturated rings. The zero-order chi connectivity index (χ0) is 13.2. The van der Waals surface area contributed by atoms with Crippen molar-refractivity contribution in [3.8, 4) is 6.07 Å². The summed E-state index contributed by atoms with van der Waals surface area (Å²) in [6.45, 7) is 3.80. The predicted molar refractivity (Wildman–Crippen MR) is 69.8 cm³/mol. The van der Waals surface area contributed by atoms with Crippen molar-refractivity contribution in [1.29, 1.82) is 5.26 Å². The highest BCUT2D eigenvalue weighted by Gasteiger charge is 2.42. The second kappa shape index (κ2) is 4.89. The summed E-state index contributed by atoms with van der Waals surface area (Å²) in [4.78, 5) is 14.6. The lowest BCUT2D eigenvalue weighted by Crippen LogP contribution is -2.56. The zero-order valence-corrected chi connectivity index (χ0v) is 11.5. The number of nitrogens with one attached hydrogen (secondary N) is 1. The maximum absolute atomic E-state index is 12.4. The number of amides is 1. The van der Waals surface area contributed by atoms with Gasteiger partial charge in [0, 0.05) is 18.5 Å². The number of rotatable bonds is 2. The van der Waals surface area contributed by atoms with Gasteiger partial charge in [-0.1, -0.05) is 19.8 Å². The van der Waals surface area contributed by atoms with E-state index in [-0.39, 0.29) is 11.3 Å². The summed E-state index contributed by atoms with van der Waals surface area (Å²) in [5.74, 6) is 0.0890. The lowest BCUT2D eigenvalue weighted by atomic mass is 9.83. The summed E-state index contributed by atoms with van der Waals surface area (Å²) < 4.78 is 0. The van der Waals surface area contributed by atoms with Crippen LogP contribution in [0.15, 0.2) is 0 Å². The third-order valence-corrected chi connectivity index (χ3v) is 4.66. The van der Waals surface area contributed by atoms with Crippen LogP contribution in [0.1, 0.15) is 45.4 Å². The van der Waals surface area contributed by atoms with Gasteiger partial charge in [0.2, 0.25) is 5.91 Å². The van der Waals surface area contributed by atoms with Crippen molar-refractivity contribution in [3.63, 3.8) is 0 Å². The van der Waals surface area contributed by atoms with E-state index in [0.717, 1.165) is 51.6 Å². The zero-order valence-electron chi connectivity index (χ0n) is 11.5. The van der Waals surface area contributed by atoms with Gasteiger partial charge in [-0.05, 0) is 32.7 Å². The van der Waals surface area contributed by atoms with Crippen LogP contribution in [0.4, 0.5) is 0 Å². The lowest BCUT2D eigenvalue weighted by Gasteiger charge is -2.38. The molecule has 1 aliphatic carbocycles. The molecule has 0 spiro atoms. The van der Waals surface area contributed by atoms with E-state index in [1.807, 2.05) is 6.92 Å². The molecule has 0 aromatic heterocycles. The number of hydrogen-bond donors (Lipinski definition) is 1.